The molecule has 0 spiro atoms. The lowest BCUT2D eigenvalue weighted by Gasteiger charge is -2.19. The van der Waals surface area contributed by atoms with Gasteiger partial charge in [0.2, 0.25) is 0 Å². The van der Waals surface area contributed by atoms with E-state index in [0.717, 1.165) is 22.3 Å². The summed E-state index contributed by atoms with van der Waals surface area (Å²) >= 11 is 1.68. The lowest BCUT2D eigenvalue weighted by molar-refractivity contribution is 0.0935. The average Bonchev–Trinajstić information content (AvgIpc) is 3.07. The average molecular weight is 448 g/mol. The molecular weight excluding hydrogens is 422 g/mol. The predicted octanol–water partition coefficient (Wildman–Crippen LogP) is 3.86. The number of thioether (sulfide) groups is 1. The molecule has 0 saturated heterocycles. The number of hydrogen-bond donors (Lipinski definition) is 2. The number of aryl methyl sites for hydroxylation is 1. The van der Waals surface area contributed by atoms with Crippen LogP contribution in [0.4, 0.5) is 0 Å². The van der Waals surface area contributed by atoms with Gasteiger partial charge in [-0.05, 0) is 43.6 Å². The Morgan fingerprint density at radius 3 is 2.81 bits per heavy atom. The normalized spacial score (nSPS) is 12.1. The standard InChI is InChI=1S/C24H25N5O2S/c1-15-22(17-8-4-5-9-20(17)29(15)2)24(31)27-18(10-12-32-3)19-13-21(30)28-23(26-19)16-7-6-11-25-14-16/h4-9,11,13-14,18H,10,12H2,1-3H3,(H,27,31)(H,26,28,30)/t18-/m0/s1. The second-order valence-electron chi connectivity index (χ2n) is 7.60. The van der Waals surface area contributed by atoms with E-state index in [-0.39, 0.29) is 11.5 Å². The minimum Gasteiger partial charge on any atom is -0.347 e. The second-order valence-corrected chi connectivity index (χ2v) is 8.59. The van der Waals surface area contributed by atoms with Gasteiger partial charge in [0.15, 0.2) is 0 Å². The first-order chi connectivity index (χ1) is 15.5. The molecule has 1 amide bonds. The van der Waals surface area contributed by atoms with E-state index in [9.17, 15) is 9.59 Å². The highest BCUT2D eigenvalue weighted by Crippen LogP contribution is 2.26. The summed E-state index contributed by atoms with van der Waals surface area (Å²) < 4.78 is 2.02. The van der Waals surface area contributed by atoms with Crippen LogP contribution in [0.3, 0.4) is 0 Å². The fraction of sp³-hybridized carbons (Fsp3) is 0.250. The van der Waals surface area contributed by atoms with Gasteiger partial charge in [0.1, 0.15) is 5.82 Å². The molecule has 0 radical (unpaired) electrons. The Morgan fingerprint density at radius 1 is 1.25 bits per heavy atom. The molecule has 0 aliphatic carbocycles. The maximum absolute atomic E-state index is 13.4. The lowest BCUT2D eigenvalue weighted by atomic mass is 10.1. The quantitative estimate of drug-likeness (QED) is 0.449. The van der Waals surface area contributed by atoms with Gasteiger partial charge in [-0.2, -0.15) is 11.8 Å². The zero-order valence-corrected chi connectivity index (χ0v) is 19.1. The third-order valence-electron chi connectivity index (χ3n) is 5.60. The zero-order valence-electron chi connectivity index (χ0n) is 18.3. The van der Waals surface area contributed by atoms with Gasteiger partial charge in [-0.1, -0.05) is 18.2 Å². The number of aromatic nitrogens is 4. The van der Waals surface area contributed by atoms with Gasteiger partial charge >= 0.3 is 0 Å². The number of carbonyl (C=O) groups excluding carboxylic acids is 1. The number of carbonyl (C=O) groups is 1. The molecule has 0 unspecified atom stereocenters. The third-order valence-corrected chi connectivity index (χ3v) is 6.24. The molecule has 1 aromatic carbocycles. The van der Waals surface area contributed by atoms with Crippen molar-refractivity contribution in [2.24, 2.45) is 7.05 Å². The second kappa shape index (κ2) is 9.40. The molecular formula is C24H25N5O2S. The van der Waals surface area contributed by atoms with Gasteiger partial charge in [0.05, 0.1) is 17.3 Å². The Bertz CT molecular complexity index is 1310. The van der Waals surface area contributed by atoms with Gasteiger partial charge in [-0.25, -0.2) is 4.98 Å². The van der Waals surface area contributed by atoms with Crippen LogP contribution >= 0.6 is 11.8 Å². The van der Waals surface area contributed by atoms with Crippen molar-refractivity contribution >= 4 is 28.6 Å². The van der Waals surface area contributed by atoms with Crippen molar-refractivity contribution in [3.8, 4) is 11.4 Å². The molecule has 0 saturated carbocycles. The van der Waals surface area contributed by atoms with Crippen LogP contribution in [-0.4, -0.2) is 37.4 Å². The van der Waals surface area contributed by atoms with Crippen LogP contribution in [0.15, 0.2) is 59.7 Å². The first-order valence-electron chi connectivity index (χ1n) is 10.3. The summed E-state index contributed by atoms with van der Waals surface area (Å²) in [6, 6.07) is 12.5. The van der Waals surface area contributed by atoms with Gasteiger partial charge in [-0.15, -0.1) is 0 Å². The van der Waals surface area contributed by atoms with Gasteiger partial charge in [0.25, 0.3) is 11.5 Å². The Balaban J connectivity index is 1.72. The summed E-state index contributed by atoms with van der Waals surface area (Å²) in [6.45, 7) is 1.94. The lowest BCUT2D eigenvalue weighted by Crippen LogP contribution is -2.31. The van der Waals surface area contributed by atoms with Crippen LogP contribution in [0, 0.1) is 6.92 Å². The molecule has 1 atom stereocenters. The molecule has 2 N–H and O–H groups in total. The van der Waals surface area contributed by atoms with E-state index in [2.05, 4.69) is 20.3 Å². The number of nitrogens with zero attached hydrogens (tertiary/aromatic N) is 3. The smallest absolute Gasteiger partial charge is 0.254 e. The highest BCUT2D eigenvalue weighted by Gasteiger charge is 2.23. The van der Waals surface area contributed by atoms with E-state index in [1.54, 1.807) is 30.2 Å². The van der Waals surface area contributed by atoms with E-state index < -0.39 is 6.04 Å². The fourth-order valence-electron chi connectivity index (χ4n) is 3.86. The first kappa shape index (κ1) is 21.8. The number of rotatable bonds is 7. The highest BCUT2D eigenvalue weighted by atomic mass is 32.2. The predicted molar refractivity (Wildman–Crippen MR) is 129 cm³/mol. The minimum absolute atomic E-state index is 0.171. The van der Waals surface area contributed by atoms with Crippen molar-refractivity contribution in [1.82, 2.24) is 24.8 Å². The molecule has 8 heteroatoms. The molecule has 7 nitrogen and oxygen atoms in total. The highest BCUT2D eigenvalue weighted by molar-refractivity contribution is 7.98. The van der Waals surface area contributed by atoms with E-state index in [0.29, 0.717) is 29.1 Å². The summed E-state index contributed by atoms with van der Waals surface area (Å²) in [7, 11) is 1.96. The number of pyridine rings is 1. The molecule has 3 aromatic heterocycles. The maximum atomic E-state index is 13.4. The molecule has 164 valence electrons. The molecule has 0 aliphatic heterocycles. The van der Waals surface area contributed by atoms with Crippen LogP contribution < -0.4 is 10.9 Å². The summed E-state index contributed by atoms with van der Waals surface area (Å²) in [6.07, 6.45) is 5.98. The van der Waals surface area contributed by atoms with Crippen LogP contribution in [0.2, 0.25) is 0 Å². The van der Waals surface area contributed by atoms with Crippen LogP contribution in [0.1, 0.15) is 34.2 Å². The Hall–Kier alpha value is -3.39. The number of para-hydroxylation sites is 1. The van der Waals surface area contributed by atoms with Crippen molar-refractivity contribution in [3.05, 3.63) is 82.2 Å². The summed E-state index contributed by atoms with van der Waals surface area (Å²) in [5.74, 6) is 1.08. The zero-order chi connectivity index (χ0) is 22.7. The van der Waals surface area contributed by atoms with Crippen molar-refractivity contribution in [2.75, 3.05) is 12.0 Å². The molecule has 4 aromatic rings. The number of amides is 1. The number of H-pyrrole nitrogens is 1. The summed E-state index contributed by atoms with van der Waals surface area (Å²) in [5.41, 5.74) is 3.53. The Labute approximate surface area is 190 Å². The first-order valence-corrected chi connectivity index (χ1v) is 11.7. The molecule has 3 heterocycles. The molecule has 0 bridgehead atoms. The molecule has 4 rings (SSSR count). The number of benzene rings is 1. The minimum atomic E-state index is -0.397. The monoisotopic (exact) mass is 447 g/mol. The van der Waals surface area contributed by atoms with E-state index in [1.165, 1.54) is 6.07 Å². The SMILES string of the molecule is CSCC[C@H](NC(=O)c1c(C)n(C)c2ccccc12)c1cc(=O)[nH]c(-c2cccnc2)n1. The van der Waals surface area contributed by atoms with Crippen molar-refractivity contribution in [2.45, 2.75) is 19.4 Å². The number of hydrogen-bond acceptors (Lipinski definition) is 5. The van der Waals surface area contributed by atoms with Crippen LogP contribution in [0.25, 0.3) is 22.3 Å². The van der Waals surface area contributed by atoms with Gasteiger partial charge in [-0.3, -0.25) is 14.6 Å². The topological polar surface area (TPSA) is 92.7 Å². The number of aromatic amines is 1. The van der Waals surface area contributed by atoms with Crippen molar-refractivity contribution in [1.29, 1.82) is 0 Å². The molecule has 0 aliphatic rings. The molecule has 0 fully saturated rings. The van der Waals surface area contributed by atoms with Crippen molar-refractivity contribution < 1.29 is 4.79 Å². The van der Waals surface area contributed by atoms with Crippen molar-refractivity contribution in [3.63, 3.8) is 0 Å². The largest absolute Gasteiger partial charge is 0.347 e. The van der Waals surface area contributed by atoms with Crippen LogP contribution in [-0.2, 0) is 7.05 Å². The van der Waals surface area contributed by atoms with E-state index >= 15 is 0 Å². The number of nitrogens with one attached hydrogen (secondary N) is 2. The van der Waals surface area contributed by atoms with E-state index in [1.807, 2.05) is 55.1 Å². The third kappa shape index (κ3) is 4.31. The fourth-order valence-corrected chi connectivity index (χ4v) is 4.33. The molecule has 32 heavy (non-hydrogen) atoms. The maximum Gasteiger partial charge on any atom is 0.254 e. The van der Waals surface area contributed by atoms with Gasteiger partial charge < -0.3 is 14.9 Å². The Kier molecular flexibility index (Phi) is 6.41. The van der Waals surface area contributed by atoms with Crippen LogP contribution in [0.5, 0.6) is 0 Å². The Morgan fingerprint density at radius 2 is 2.06 bits per heavy atom. The number of fused-ring (bicyclic) bond motifs is 1. The summed E-state index contributed by atoms with van der Waals surface area (Å²) in [4.78, 5) is 37.4. The van der Waals surface area contributed by atoms with Gasteiger partial charge in [0, 0.05) is 47.7 Å². The summed E-state index contributed by atoms with van der Waals surface area (Å²) in [5, 5.41) is 4.05. The van der Waals surface area contributed by atoms with E-state index in [4.69, 9.17) is 0 Å².